The van der Waals surface area contributed by atoms with Crippen molar-refractivity contribution in [3.63, 3.8) is 0 Å². The summed E-state index contributed by atoms with van der Waals surface area (Å²) < 4.78 is 14.8. The molecule has 0 unspecified atom stereocenters. The van der Waals surface area contributed by atoms with Gasteiger partial charge < -0.3 is 14.2 Å². The van der Waals surface area contributed by atoms with Gasteiger partial charge in [-0.25, -0.2) is 4.79 Å². The van der Waals surface area contributed by atoms with E-state index in [1.54, 1.807) is 27.7 Å². The van der Waals surface area contributed by atoms with Crippen LogP contribution in [0.2, 0.25) is 0 Å². The van der Waals surface area contributed by atoms with Gasteiger partial charge in [-0.1, -0.05) is 13.5 Å². The number of esters is 3. The summed E-state index contributed by atoms with van der Waals surface area (Å²) in [7, 11) is 0. The fourth-order valence-corrected chi connectivity index (χ4v) is 1.85. The van der Waals surface area contributed by atoms with E-state index in [0.717, 1.165) is 0 Å². The molecule has 0 N–H and O–H groups in total. The first kappa shape index (κ1) is 19.1. The Kier molecular flexibility index (Phi) is 8.35. The van der Waals surface area contributed by atoms with Crippen molar-refractivity contribution in [1.82, 2.24) is 0 Å². The largest absolute Gasteiger partial charge is 0.465 e. The molecule has 6 heteroatoms. The van der Waals surface area contributed by atoms with Crippen molar-refractivity contribution in [1.29, 1.82) is 0 Å². The van der Waals surface area contributed by atoms with Crippen molar-refractivity contribution in [2.45, 2.75) is 40.5 Å². The number of hydrogen-bond acceptors (Lipinski definition) is 6. The van der Waals surface area contributed by atoms with Crippen LogP contribution < -0.4 is 0 Å². The Bertz CT molecular complexity index is 381. The second-order valence-electron chi connectivity index (χ2n) is 4.38. The van der Waals surface area contributed by atoms with E-state index in [1.165, 1.54) is 0 Å². The quantitative estimate of drug-likeness (QED) is 0.280. The van der Waals surface area contributed by atoms with E-state index in [9.17, 15) is 14.4 Å². The average molecular weight is 300 g/mol. The maximum atomic E-state index is 12.2. The van der Waals surface area contributed by atoms with E-state index in [4.69, 9.17) is 14.2 Å². The molecule has 0 aliphatic rings. The summed E-state index contributed by atoms with van der Waals surface area (Å²) in [5.41, 5.74) is -1.52. The number of hydrogen-bond donors (Lipinski definition) is 0. The Hall–Kier alpha value is -1.85. The first-order valence-electron chi connectivity index (χ1n) is 7.08. The van der Waals surface area contributed by atoms with E-state index in [2.05, 4.69) is 6.58 Å². The van der Waals surface area contributed by atoms with Gasteiger partial charge in [-0.3, -0.25) is 9.59 Å². The molecule has 0 radical (unpaired) electrons. The van der Waals surface area contributed by atoms with Gasteiger partial charge in [-0.05, 0) is 27.2 Å². The molecule has 0 saturated heterocycles. The van der Waals surface area contributed by atoms with Crippen molar-refractivity contribution in [3.05, 3.63) is 12.2 Å². The Morgan fingerprint density at radius 3 is 1.62 bits per heavy atom. The van der Waals surface area contributed by atoms with Gasteiger partial charge in [0, 0.05) is 12.0 Å². The van der Waals surface area contributed by atoms with Crippen LogP contribution in [0.15, 0.2) is 12.2 Å². The average Bonchev–Trinajstić information content (AvgIpc) is 2.45. The van der Waals surface area contributed by atoms with Crippen LogP contribution in [-0.4, -0.2) is 37.7 Å². The molecule has 0 aliphatic heterocycles. The lowest BCUT2D eigenvalue weighted by Gasteiger charge is -2.28. The lowest BCUT2D eigenvalue weighted by Crippen LogP contribution is -2.42. The Balaban J connectivity index is 5.37. The number of carbonyl (C=O) groups is 3. The highest BCUT2D eigenvalue weighted by Gasteiger charge is 2.48. The Morgan fingerprint density at radius 2 is 1.29 bits per heavy atom. The van der Waals surface area contributed by atoms with Crippen molar-refractivity contribution >= 4 is 17.9 Å². The van der Waals surface area contributed by atoms with Crippen LogP contribution in [0.4, 0.5) is 0 Å². The van der Waals surface area contributed by atoms with Crippen LogP contribution in [0, 0.1) is 5.41 Å². The zero-order chi connectivity index (χ0) is 16.5. The van der Waals surface area contributed by atoms with Crippen LogP contribution in [0.3, 0.4) is 0 Å². The van der Waals surface area contributed by atoms with Crippen LogP contribution >= 0.6 is 0 Å². The summed E-state index contributed by atoms with van der Waals surface area (Å²) in [4.78, 5) is 36.1. The zero-order valence-corrected chi connectivity index (χ0v) is 13.2. The minimum absolute atomic E-state index is 0.0415. The molecule has 0 aliphatic carbocycles. The molecular weight excluding hydrogens is 276 g/mol. The molecule has 0 heterocycles. The Morgan fingerprint density at radius 1 is 0.857 bits per heavy atom. The highest BCUT2D eigenvalue weighted by molar-refractivity contribution is 6.02. The molecule has 0 aromatic heterocycles. The summed E-state index contributed by atoms with van der Waals surface area (Å²) in [5.74, 6) is -2.06. The molecule has 120 valence electrons. The molecule has 0 rings (SSSR count). The van der Waals surface area contributed by atoms with Crippen LogP contribution in [0.25, 0.3) is 0 Å². The molecule has 0 aromatic carbocycles. The van der Waals surface area contributed by atoms with Crippen LogP contribution in [0.5, 0.6) is 0 Å². The number of rotatable bonds is 9. The van der Waals surface area contributed by atoms with Crippen LogP contribution in [-0.2, 0) is 28.6 Å². The topological polar surface area (TPSA) is 78.9 Å². The van der Waals surface area contributed by atoms with E-state index in [0.29, 0.717) is 0 Å². The zero-order valence-electron chi connectivity index (χ0n) is 13.2. The molecule has 0 spiro atoms. The lowest BCUT2D eigenvalue weighted by atomic mass is 9.79. The second kappa shape index (κ2) is 9.15. The van der Waals surface area contributed by atoms with Gasteiger partial charge in [0.05, 0.1) is 19.8 Å². The molecule has 6 nitrogen and oxygen atoms in total. The molecule has 0 aromatic rings. The predicted octanol–water partition coefficient (Wildman–Crippen LogP) is 2.02. The van der Waals surface area contributed by atoms with Gasteiger partial charge >= 0.3 is 17.9 Å². The third-order valence-corrected chi connectivity index (χ3v) is 3.02. The summed E-state index contributed by atoms with van der Waals surface area (Å²) >= 11 is 0. The normalized spacial score (nSPS) is 10.7. The van der Waals surface area contributed by atoms with Gasteiger partial charge in [-0.2, -0.15) is 0 Å². The van der Waals surface area contributed by atoms with Gasteiger partial charge in [0.25, 0.3) is 0 Å². The fourth-order valence-electron chi connectivity index (χ4n) is 1.85. The van der Waals surface area contributed by atoms with E-state index >= 15 is 0 Å². The van der Waals surface area contributed by atoms with Crippen molar-refractivity contribution < 1.29 is 28.6 Å². The van der Waals surface area contributed by atoms with Crippen molar-refractivity contribution in [3.8, 4) is 0 Å². The minimum Gasteiger partial charge on any atom is -0.465 e. The Labute approximate surface area is 125 Å². The molecular formula is C15H24O6. The van der Waals surface area contributed by atoms with Gasteiger partial charge in [0.15, 0.2) is 5.41 Å². The first-order chi connectivity index (χ1) is 9.89. The number of ether oxygens (including phenoxy) is 3. The summed E-state index contributed by atoms with van der Waals surface area (Å²) in [6.45, 7) is 10.7. The molecule has 0 atom stereocenters. The minimum atomic E-state index is -1.56. The molecule has 0 bridgehead atoms. The van der Waals surface area contributed by atoms with Crippen molar-refractivity contribution in [2.75, 3.05) is 19.8 Å². The standard InChI is InChI=1S/C15H24O6/c1-6-15(13(17)20-8-3,14(18)21-9-4)10-11(5)12(16)19-7-2/h5-10H2,1-4H3. The summed E-state index contributed by atoms with van der Waals surface area (Å²) in [5, 5.41) is 0. The monoisotopic (exact) mass is 300 g/mol. The molecule has 0 fully saturated rings. The van der Waals surface area contributed by atoms with E-state index in [1.807, 2.05) is 0 Å². The second-order valence-corrected chi connectivity index (χ2v) is 4.38. The summed E-state index contributed by atoms with van der Waals surface area (Å²) in [6.07, 6.45) is -0.0386. The van der Waals surface area contributed by atoms with Gasteiger partial charge in [0.1, 0.15) is 0 Å². The lowest BCUT2D eigenvalue weighted by molar-refractivity contribution is -0.172. The summed E-state index contributed by atoms with van der Waals surface area (Å²) in [6, 6.07) is 0. The molecule has 0 saturated carbocycles. The smallest absolute Gasteiger partial charge is 0.333 e. The maximum absolute atomic E-state index is 12.2. The van der Waals surface area contributed by atoms with Gasteiger partial charge in [0.2, 0.25) is 0 Å². The SMILES string of the molecule is C=C(CC(CC)(C(=O)OCC)C(=O)OCC)C(=O)OCC. The molecule has 0 amide bonds. The number of carbonyl (C=O) groups excluding carboxylic acids is 3. The van der Waals surface area contributed by atoms with E-state index in [-0.39, 0.29) is 38.2 Å². The first-order valence-corrected chi connectivity index (χ1v) is 7.08. The van der Waals surface area contributed by atoms with Crippen LogP contribution in [0.1, 0.15) is 40.5 Å². The van der Waals surface area contributed by atoms with E-state index < -0.39 is 23.3 Å². The highest BCUT2D eigenvalue weighted by Crippen LogP contribution is 2.33. The third-order valence-electron chi connectivity index (χ3n) is 3.02. The molecule has 21 heavy (non-hydrogen) atoms. The fraction of sp³-hybridized carbons (Fsp3) is 0.667. The van der Waals surface area contributed by atoms with Gasteiger partial charge in [-0.15, -0.1) is 0 Å². The van der Waals surface area contributed by atoms with Crippen molar-refractivity contribution in [2.24, 2.45) is 5.41 Å². The predicted molar refractivity (Wildman–Crippen MR) is 76.4 cm³/mol. The maximum Gasteiger partial charge on any atom is 0.333 e. The third kappa shape index (κ3) is 4.88. The highest BCUT2D eigenvalue weighted by atomic mass is 16.6.